The number of anilines is 3. The predicted octanol–water partition coefficient (Wildman–Crippen LogP) is 14.8. The molecule has 0 unspecified atom stereocenters. The third-order valence-corrected chi connectivity index (χ3v) is 11.4. The number of rotatable bonds is 6. The van der Waals surface area contributed by atoms with Crippen LogP contribution in [0.3, 0.4) is 0 Å². The van der Waals surface area contributed by atoms with Gasteiger partial charge < -0.3 is 4.90 Å². The SMILES string of the molecule is CC1(C)c2cc(N(c3ccccc3)c3ccccc3-c3cc(-c4ccc5ccccc5c4)c4ccccc4c3)ccc2-c2c(-c3ccccc3)cccc21. The van der Waals surface area contributed by atoms with Gasteiger partial charge in [0.25, 0.3) is 0 Å². The van der Waals surface area contributed by atoms with E-state index in [1.807, 2.05) is 0 Å². The fraction of sp³-hybridized carbons (Fsp3) is 0.0566. The molecule has 0 aliphatic heterocycles. The van der Waals surface area contributed by atoms with Crippen molar-refractivity contribution in [1.82, 2.24) is 0 Å². The molecule has 0 saturated carbocycles. The molecule has 1 aliphatic rings. The van der Waals surface area contributed by atoms with Crippen LogP contribution in [0.25, 0.3) is 66.1 Å². The first-order chi connectivity index (χ1) is 26.5. The van der Waals surface area contributed by atoms with Gasteiger partial charge in [0.1, 0.15) is 0 Å². The molecule has 0 amide bonds. The second-order valence-corrected chi connectivity index (χ2v) is 14.9. The first kappa shape index (κ1) is 32.0. The summed E-state index contributed by atoms with van der Waals surface area (Å²) in [6.07, 6.45) is 0. The highest BCUT2D eigenvalue weighted by molar-refractivity contribution is 6.03. The van der Waals surface area contributed by atoms with E-state index in [1.54, 1.807) is 0 Å². The van der Waals surface area contributed by atoms with Crippen molar-refractivity contribution in [3.05, 3.63) is 211 Å². The average Bonchev–Trinajstić information content (AvgIpc) is 3.46. The third-order valence-electron chi connectivity index (χ3n) is 11.4. The molecule has 0 saturated heterocycles. The van der Waals surface area contributed by atoms with Gasteiger partial charge in [0.2, 0.25) is 0 Å². The quantitative estimate of drug-likeness (QED) is 0.168. The molecule has 0 aromatic heterocycles. The zero-order valence-electron chi connectivity index (χ0n) is 30.5. The molecule has 54 heavy (non-hydrogen) atoms. The smallest absolute Gasteiger partial charge is 0.0540 e. The fourth-order valence-corrected chi connectivity index (χ4v) is 8.75. The molecule has 1 aliphatic carbocycles. The standard InChI is InChI=1S/C53H39N/c1-53(2)49-26-15-25-46(37-17-5-3-6-18-37)52(49)47-31-30-43(35-50(47)53)54(42-21-7-4-8-22-42)51-27-14-13-24-45(51)41-33-39-20-11-12-23-44(39)48(34-41)40-29-28-36-16-9-10-19-38(36)32-40/h3-35H,1-2H3. The second kappa shape index (κ2) is 12.8. The van der Waals surface area contributed by atoms with Crippen LogP contribution in [0.5, 0.6) is 0 Å². The minimum Gasteiger partial charge on any atom is -0.310 e. The van der Waals surface area contributed by atoms with Gasteiger partial charge in [-0.05, 0) is 120 Å². The van der Waals surface area contributed by atoms with Crippen LogP contribution in [-0.4, -0.2) is 0 Å². The van der Waals surface area contributed by atoms with Gasteiger partial charge >= 0.3 is 0 Å². The van der Waals surface area contributed by atoms with Crippen LogP contribution in [0.4, 0.5) is 17.1 Å². The van der Waals surface area contributed by atoms with Gasteiger partial charge in [-0.25, -0.2) is 0 Å². The Morgan fingerprint density at radius 2 is 1.02 bits per heavy atom. The van der Waals surface area contributed by atoms with E-state index in [1.165, 1.54) is 77.2 Å². The Labute approximate surface area is 317 Å². The topological polar surface area (TPSA) is 3.24 Å². The summed E-state index contributed by atoms with van der Waals surface area (Å²) in [6, 6.07) is 73.4. The van der Waals surface area contributed by atoms with Crippen LogP contribution < -0.4 is 4.90 Å². The van der Waals surface area contributed by atoms with Gasteiger partial charge in [-0.2, -0.15) is 0 Å². The minimum atomic E-state index is -0.166. The zero-order chi connectivity index (χ0) is 36.2. The summed E-state index contributed by atoms with van der Waals surface area (Å²) in [4.78, 5) is 2.44. The number of hydrogen-bond donors (Lipinski definition) is 0. The van der Waals surface area contributed by atoms with Gasteiger partial charge in [0.15, 0.2) is 0 Å². The van der Waals surface area contributed by atoms with Crippen molar-refractivity contribution in [1.29, 1.82) is 0 Å². The Hall–Kier alpha value is -6.70. The Balaban J connectivity index is 1.16. The molecule has 0 atom stereocenters. The zero-order valence-corrected chi connectivity index (χ0v) is 30.5. The molecule has 9 aromatic rings. The lowest BCUT2D eigenvalue weighted by molar-refractivity contribution is 0.660. The monoisotopic (exact) mass is 689 g/mol. The van der Waals surface area contributed by atoms with Gasteiger partial charge in [0, 0.05) is 22.4 Å². The third kappa shape index (κ3) is 5.24. The predicted molar refractivity (Wildman–Crippen MR) is 230 cm³/mol. The average molecular weight is 690 g/mol. The summed E-state index contributed by atoms with van der Waals surface area (Å²) >= 11 is 0. The fourth-order valence-electron chi connectivity index (χ4n) is 8.75. The van der Waals surface area contributed by atoms with E-state index in [0.29, 0.717) is 0 Å². The number of hydrogen-bond acceptors (Lipinski definition) is 1. The summed E-state index contributed by atoms with van der Waals surface area (Å²) in [6.45, 7) is 4.75. The highest BCUT2D eigenvalue weighted by atomic mass is 15.1. The molecule has 0 heterocycles. The number of para-hydroxylation sites is 2. The maximum absolute atomic E-state index is 2.44. The highest BCUT2D eigenvalue weighted by Gasteiger charge is 2.37. The summed E-state index contributed by atoms with van der Waals surface area (Å²) in [5.41, 5.74) is 16.0. The molecular weight excluding hydrogens is 651 g/mol. The molecule has 10 rings (SSSR count). The van der Waals surface area contributed by atoms with Crippen LogP contribution in [0, 0.1) is 0 Å². The van der Waals surface area contributed by atoms with E-state index in [4.69, 9.17) is 0 Å². The molecule has 1 heteroatoms. The van der Waals surface area contributed by atoms with Crippen molar-refractivity contribution in [2.24, 2.45) is 0 Å². The van der Waals surface area contributed by atoms with Crippen LogP contribution >= 0.6 is 0 Å². The van der Waals surface area contributed by atoms with Crippen molar-refractivity contribution in [2.45, 2.75) is 19.3 Å². The number of benzene rings is 9. The summed E-state index contributed by atoms with van der Waals surface area (Å²) in [5.74, 6) is 0. The lowest BCUT2D eigenvalue weighted by atomic mass is 9.81. The lowest BCUT2D eigenvalue weighted by Crippen LogP contribution is -2.17. The van der Waals surface area contributed by atoms with E-state index >= 15 is 0 Å². The van der Waals surface area contributed by atoms with Crippen molar-refractivity contribution < 1.29 is 0 Å². The van der Waals surface area contributed by atoms with E-state index < -0.39 is 0 Å². The van der Waals surface area contributed by atoms with Crippen molar-refractivity contribution in [2.75, 3.05) is 4.90 Å². The van der Waals surface area contributed by atoms with Gasteiger partial charge in [0.05, 0.1) is 5.69 Å². The second-order valence-electron chi connectivity index (χ2n) is 14.9. The van der Waals surface area contributed by atoms with Crippen molar-refractivity contribution >= 4 is 38.6 Å². The Bertz CT molecular complexity index is 2850. The van der Waals surface area contributed by atoms with Crippen LogP contribution in [0.15, 0.2) is 200 Å². The summed E-state index contributed by atoms with van der Waals surface area (Å²) in [7, 11) is 0. The van der Waals surface area contributed by atoms with E-state index in [2.05, 4.69) is 219 Å². The Morgan fingerprint density at radius 3 is 1.85 bits per heavy atom. The van der Waals surface area contributed by atoms with Crippen molar-refractivity contribution in [3.8, 4) is 44.5 Å². The molecule has 0 radical (unpaired) electrons. The molecule has 0 spiro atoms. The Kier molecular flexibility index (Phi) is 7.56. The summed E-state index contributed by atoms with van der Waals surface area (Å²) < 4.78 is 0. The van der Waals surface area contributed by atoms with Crippen LogP contribution in [0.1, 0.15) is 25.0 Å². The van der Waals surface area contributed by atoms with Crippen molar-refractivity contribution in [3.63, 3.8) is 0 Å². The molecule has 9 aromatic carbocycles. The molecule has 0 bridgehead atoms. The van der Waals surface area contributed by atoms with E-state index in [9.17, 15) is 0 Å². The normalized spacial score (nSPS) is 12.8. The number of nitrogens with zero attached hydrogens (tertiary/aromatic N) is 1. The first-order valence-corrected chi connectivity index (χ1v) is 18.8. The largest absolute Gasteiger partial charge is 0.310 e. The molecular formula is C53H39N. The first-order valence-electron chi connectivity index (χ1n) is 18.8. The minimum absolute atomic E-state index is 0.166. The molecule has 0 N–H and O–H groups in total. The van der Waals surface area contributed by atoms with Crippen LogP contribution in [-0.2, 0) is 5.41 Å². The lowest BCUT2D eigenvalue weighted by Gasteiger charge is -2.30. The van der Waals surface area contributed by atoms with Gasteiger partial charge in [-0.1, -0.05) is 166 Å². The van der Waals surface area contributed by atoms with E-state index in [0.717, 1.165) is 17.1 Å². The molecule has 256 valence electrons. The molecule has 0 fully saturated rings. The van der Waals surface area contributed by atoms with Gasteiger partial charge in [-0.15, -0.1) is 0 Å². The maximum Gasteiger partial charge on any atom is 0.0540 e. The number of fused-ring (bicyclic) bond motifs is 5. The summed E-state index contributed by atoms with van der Waals surface area (Å²) in [5, 5.41) is 4.98. The Morgan fingerprint density at radius 1 is 0.352 bits per heavy atom. The van der Waals surface area contributed by atoms with Crippen LogP contribution in [0.2, 0.25) is 0 Å². The maximum atomic E-state index is 2.44. The highest BCUT2D eigenvalue weighted by Crippen LogP contribution is 2.54. The molecule has 1 nitrogen and oxygen atoms in total. The van der Waals surface area contributed by atoms with E-state index in [-0.39, 0.29) is 5.41 Å². The van der Waals surface area contributed by atoms with Gasteiger partial charge in [-0.3, -0.25) is 0 Å².